The lowest BCUT2D eigenvalue weighted by Gasteiger charge is -2.56. The first-order chi connectivity index (χ1) is 21.8. The van der Waals surface area contributed by atoms with Crippen molar-refractivity contribution < 1.29 is 4.74 Å². The number of ether oxygens (including phenoxy) is 1. The van der Waals surface area contributed by atoms with Crippen molar-refractivity contribution in [3.05, 3.63) is 111 Å². The largest absolute Gasteiger partial charge is 0.457 e. The molecule has 2 aromatic carbocycles. The van der Waals surface area contributed by atoms with Gasteiger partial charge in [-0.05, 0) is 86.9 Å². The van der Waals surface area contributed by atoms with Crippen molar-refractivity contribution in [1.82, 2.24) is 0 Å². The molecule has 0 saturated carbocycles. The highest BCUT2D eigenvalue weighted by molar-refractivity contribution is 6.83. The lowest BCUT2D eigenvalue weighted by molar-refractivity contribution is 0.396. The molecule has 5 rings (SSSR count). The average molecular weight is 660 g/mol. The molecule has 0 N–H and O–H groups in total. The van der Waals surface area contributed by atoms with E-state index in [0.29, 0.717) is 17.1 Å². The van der Waals surface area contributed by atoms with Gasteiger partial charge in [-0.25, -0.2) is 10.1 Å². The lowest BCUT2D eigenvalue weighted by Crippen LogP contribution is -2.58. The highest BCUT2D eigenvalue weighted by Gasteiger charge is 2.52. The van der Waals surface area contributed by atoms with Gasteiger partial charge in [0, 0.05) is 32.4 Å². The molecular weight excluding hydrogens is 607 g/mol. The van der Waals surface area contributed by atoms with Gasteiger partial charge < -0.3 is 9.64 Å². The maximum atomic E-state index is 9.76. The fourth-order valence-corrected chi connectivity index (χ4v) is 15.6. The van der Waals surface area contributed by atoms with Crippen molar-refractivity contribution in [2.45, 2.75) is 109 Å². The summed E-state index contributed by atoms with van der Waals surface area (Å²) in [6.45, 7) is 36.7. The number of nitriles is 1. The summed E-state index contributed by atoms with van der Waals surface area (Å²) in [5.41, 5.74) is 8.69. The molecule has 0 radical (unpaired) electrons. The van der Waals surface area contributed by atoms with Crippen LogP contribution in [-0.4, -0.2) is 29.2 Å². The van der Waals surface area contributed by atoms with Gasteiger partial charge in [-0.1, -0.05) is 110 Å². The van der Waals surface area contributed by atoms with Crippen molar-refractivity contribution in [3.8, 4) is 6.07 Å². The van der Waals surface area contributed by atoms with Crippen LogP contribution in [0.25, 0.3) is 16.7 Å². The number of nitrogens with zero attached hydrogens (tertiary/aromatic N) is 3. The van der Waals surface area contributed by atoms with Crippen LogP contribution in [0.15, 0.2) is 71.7 Å². The lowest BCUT2D eigenvalue weighted by atomic mass is 9.73. The highest BCUT2D eigenvalue weighted by Crippen LogP contribution is 2.55. The Morgan fingerprint density at radius 3 is 2.19 bits per heavy atom. The van der Waals surface area contributed by atoms with E-state index in [1.807, 2.05) is 18.2 Å². The molecule has 4 nitrogen and oxygen atoms in total. The predicted octanol–water partition coefficient (Wildman–Crippen LogP) is 11.0. The van der Waals surface area contributed by atoms with Crippen LogP contribution in [0.5, 0.6) is 0 Å². The Labute approximate surface area is 286 Å². The second kappa shape index (κ2) is 12.1. The van der Waals surface area contributed by atoms with Crippen molar-refractivity contribution in [1.29, 1.82) is 5.26 Å². The van der Waals surface area contributed by atoms with Crippen LogP contribution in [0.1, 0.15) is 75.3 Å². The van der Waals surface area contributed by atoms with E-state index in [2.05, 4.69) is 132 Å². The van der Waals surface area contributed by atoms with Crippen LogP contribution < -0.4 is 4.90 Å². The fourth-order valence-electron chi connectivity index (χ4n) is 7.80. The molecule has 0 bridgehead atoms. The summed E-state index contributed by atoms with van der Waals surface area (Å²) in [5, 5.41) is 9.99. The van der Waals surface area contributed by atoms with Gasteiger partial charge in [0.05, 0.1) is 20.7 Å². The Bertz CT molecular complexity index is 1760. The molecular formula is C41H53N3OSi2. The maximum absolute atomic E-state index is 9.76. The van der Waals surface area contributed by atoms with Gasteiger partial charge in [0.15, 0.2) is 0 Å². The molecule has 3 heterocycles. The van der Waals surface area contributed by atoms with Gasteiger partial charge in [-0.3, -0.25) is 0 Å². The van der Waals surface area contributed by atoms with E-state index in [1.54, 1.807) is 5.56 Å². The zero-order chi connectivity index (χ0) is 34.6. The first-order valence-electron chi connectivity index (χ1n) is 17.1. The standard InChI is InChI=1S/C41H53N3OSi2/c1-39(2,3)32-16-14-30(15-17-32)37-26-31(36(27-42)43-6)25-33(45-37)18-13-29-23-34-38-35(24-29)41(47(10,11)12,28-46(7,8)9)20-22-44(38)21-19-40(34,4)5/h13-18,23-26H,19-22,28H2,1-5,7-12H3/b18-13+,36-31+. The molecule has 0 amide bonds. The van der Waals surface area contributed by atoms with Crippen LogP contribution >= 0.6 is 0 Å². The maximum Gasteiger partial charge on any atom is 0.269 e. The quantitative estimate of drug-likeness (QED) is 0.176. The Kier molecular flexibility index (Phi) is 8.97. The van der Waals surface area contributed by atoms with Gasteiger partial charge in [-0.15, -0.1) is 0 Å². The summed E-state index contributed by atoms with van der Waals surface area (Å²) >= 11 is 0. The number of benzene rings is 2. The average Bonchev–Trinajstić information content (AvgIpc) is 2.98. The van der Waals surface area contributed by atoms with Crippen molar-refractivity contribution >= 4 is 33.7 Å². The van der Waals surface area contributed by atoms with E-state index in [-0.39, 0.29) is 21.6 Å². The topological polar surface area (TPSA) is 40.6 Å². The van der Waals surface area contributed by atoms with E-state index in [9.17, 15) is 5.26 Å². The minimum Gasteiger partial charge on any atom is -0.457 e. The molecule has 0 spiro atoms. The molecule has 0 fully saturated rings. The predicted molar refractivity (Wildman–Crippen MR) is 205 cm³/mol. The third-order valence-corrected chi connectivity index (χ3v) is 16.1. The molecule has 246 valence electrons. The number of allylic oxidation sites excluding steroid dienone is 5. The SMILES string of the molecule is [C-]#[N+]/C(C#N)=C1C=C(/C=C/c2cc3c4c(c2)C(C[Si](C)(C)C)([Si](C)(C)C)CCN4CCC3(C)C)OC(c2ccc(C(C)(C)C)cc2)=C\1. The third kappa shape index (κ3) is 6.87. The fraction of sp³-hybridized carbons (Fsp3) is 0.463. The van der Waals surface area contributed by atoms with Crippen LogP contribution in [0.4, 0.5) is 5.69 Å². The van der Waals surface area contributed by atoms with E-state index in [0.717, 1.165) is 25.1 Å². The first kappa shape index (κ1) is 34.7. The number of hydrogen-bond donors (Lipinski definition) is 0. The number of rotatable bonds is 6. The molecule has 3 aliphatic heterocycles. The minimum absolute atomic E-state index is 0.0409. The van der Waals surface area contributed by atoms with Crippen LogP contribution in [-0.2, 0) is 20.6 Å². The van der Waals surface area contributed by atoms with E-state index in [1.165, 1.54) is 34.8 Å². The summed E-state index contributed by atoms with van der Waals surface area (Å²) in [4.78, 5) is 6.21. The summed E-state index contributed by atoms with van der Waals surface area (Å²) < 4.78 is 6.48. The Balaban J connectivity index is 1.62. The molecule has 3 aliphatic rings. The molecule has 47 heavy (non-hydrogen) atoms. The smallest absolute Gasteiger partial charge is 0.269 e. The van der Waals surface area contributed by atoms with Crippen molar-refractivity contribution in [3.63, 3.8) is 0 Å². The van der Waals surface area contributed by atoms with E-state index < -0.39 is 16.1 Å². The molecule has 2 aromatic rings. The molecule has 0 aromatic heterocycles. The highest BCUT2D eigenvalue weighted by atomic mass is 28.3. The Morgan fingerprint density at radius 2 is 1.62 bits per heavy atom. The zero-order valence-electron chi connectivity index (χ0n) is 30.6. The molecule has 0 saturated heterocycles. The van der Waals surface area contributed by atoms with Gasteiger partial charge in [0.1, 0.15) is 11.5 Å². The van der Waals surface area contributed by atoms with E-state index in [4.69, 9.17) is 11.3 Å². The summed E-state index contributed by atoms with van der Waals surface area (Å²) in [6, 6.07) is 16.7. The summed E-state index contributed by atoms with van der Waals surface area (Å²) in [7, 11) is -3.05. The molecule has 1 unspecified atom stereocenters. The van der Waals surface area contributed by atoms with Gasteiger partial charge in [-0.2, -0.15) is 0 Å². The second-order valence-corrected chi connectivity index (χ2v) is 28.7. The van der Waals surface area contributed by atoms with Gasteiger partial charge in [0.2, 0.25) is 0 Å². The van der Waals surface area contributed by atoms with Gasteiger partial charge in [0.25, 0.3) is 5.70 Å². The summed E-state index contributed by atoms with van der Waals surface area (Å²) in [5.74, 6) is 1.27. The normalized spacial score (nSPS) is 22.0. The van der Waals surface area contributed by atoms with Crippen LogP contribution in [0, 0.1) is 17.9 Å². The summed E-state index contributed by atoms with van der Waals surface area (Å²) in [6.07, 6.45) is 10.2. The van der Waals surface area contributed by atoms with Crippen LogP contribution in [0.3, 0.4) is 0 Å². The monoisotopic (exact) mass is 659 g/mol. The van der Waals surface area contributed by atoms with E-state index >= 15 is 0 Å². The molecule has 0 aliphatic carbocycles. The van der Waals surface area contributed by atoms with Crippen molar-refractivity contribution in [2.24, 2.45) is 0 Å². The number of anilines is 1. The minimum atomic E-state index is -1.65. The Hall–Kier alpha value is -3.59. The Morgan fingerprint density at radius 1 is 0.979 bits per heavy atom. The third-order valence-electron chi connectivity index (χ3n) is 10.6. The molecule has 6 heteroatoms. The van der Waals surface area contributed by atoms with Crippen LogP contribution in [0.2, 0.25) is 45.3 Å². The first-order valence-corrected chi connectivity index (χ1v) is 24.3. The zero-order valence-corrected chi connectivity index (χ0v) is 32.6. The number of hydrogen-bond acceptors (Lipinski definition) is 3. The second-order valence-electron chi connectivity index (χ2n) is 17.8. The van der Waals surface area contributed by atoms with Gasteiger partial charge >= 0.3 is 0 Å². The molecule has 1 atom stereocenters. The van der Waals surface area contributed by atoms with Crippen molar-refractivity contribution in [2.75, 3.05) is 18.0 Å².